The lowest BCUT2D eigenvalue weighted by Gasteiger charge is -2.18. The van der Waals surface area contributed by atoms with Gasteiger partial charge >= 0.3 is 17.9 Å². The number of ether oxygens (including phenoxy) is 3. The molecule has 354 valence electrons. The van der Waals surface area contributed by atoms with E-state index in [2.05, 4.69) is 69.4 Å². The lowest BCUT2D eigenvalue weighted by atomic mass is 10.1. The summed E-state index contributed by atoms with van der Waals surface area (Å²) in [4.78, 5) is 37.7. The van der Waals surface area contributed by atoms with Gasteiger partial charge in [-0.3, -0.25) is 14.4 Å². The summed E-state index contributed by atoms with van der Waals surface area (Å²) in [5.41, 5.74) is 0. The molecule has 0 aromatic heterocycles. The molecule has 0 amide bonds. The van der Waals surface area contributed by atoms with Crippen molar-refractivity contribution < 1.29 is 28.6 Å². The van der Waals surface area contributed by atoms with Crippen LogP contribution in [0.2, 0.25) is 0 Å². The predicted octanol–water partition coefficient (Wildman–Crippen LogP) is 17.1. The maximum Gasteiger partial charge on any atom is 0.306 e. The van der Waals surface area contributed by atoms with Gasteiger partial charge in [0, 0.05) is 19.3 Å². The maximum absolute atomic E-state index is 12.7. The van der Waals surface area contributed by atoms with Crippen molar-refractivity contribution in [3.05, 3.63) is 48.6 Å². The molecule has 6 nitrogen and oxygen atoms in total. The Bertz CT molecular complexity index is 1070. The zero-order chi connectivity index (χ0) is 44.4. The Morgan fingerprint density at radius 2 is 0.607 bits per heavy atom. The molecular formula is C55H98O6. The van der Waals surface area contributed by atoms with Crippen molar-refractivity contribution in [1.82, 2.24) is 0 Å². The van der Waals surface area contributed by atoms with E-state index in [1.807, 2.05) is 0 Å². The fourth-order valence-electron chi connectivity index (χ4n) is 7.31. The molecule has 0 heterocycles. The van der Waals surface area contributed by atoms with E-state index in [1.165, 1.54) is 141 Å². The van der Waals surface area contributed by atoms with E-state index in [-0.39, 0.29) is 31.1 Å². The molecule has 0 aliphatic carbocycles. The van der Waals surface area contributed by atoms with Crippen LogP contribution in [0.4, 0.5) is 0 Å². The minimum atomic E-state index is -0.773. The lowest BCUT2D eigenvalue weighted by molar-refractivity contribution is -0.167. The quantitative estimate of drug-likeness (QED) is 0.0263. The third-order valence-electron chi connectivity index (χ3n) is 11.3. The summed E-state index contributed by atoms with van der Waals surface area (Å²) >= 11 is 0. The highest BCUT2D eigenvalue weighted by atomic mass is 16.6. The summed E-state index contributed by atoms with van der Waals surface area (Å²) in [5, 5.41) is 0. The number of carbonyl (C=O) groups is 3. The summed E-state index contributed by atoms with van der Waals surface area (Å²) in [5.74, 6) is -0.893. The number of hydrogen-bond donors (Lipinski definition) is 0. The first-order valence-electron chi connectivity index (χ1n) is 26.1. The Morgan fingerprint density at radius 1 is 0.328 bits per heavy atom. The molecule has 0 radical (unpaired) electrons. The zero-order valence-electron chi connectivity index (χ0n) is 40.4. The van der Waals surface area contributed by atoms with Gasteiger partial charge in [0.1, 0.15) is 13.2 Å². The van der Waals surface area contributed by atoms with E-state index in [0.29, 0.717) is 19.3 Å². The number of esters is 3. The smallest absolute Gasteiger partial charge is 0.306 e. The van der Waals surface area contributed by atoms with Crippen LogP contribution < -0.4 is 0 Å². The van der Waals surface area contributed by atoms with E-state index in [9.17, 15) is 14.4 Å². The topological polar surface area (TPSA) is 78.9 Å². The van der Waals surface area contributed by atoms with Gasteiger partial charge in [0.25, 0.3) is 0 Å². The molecule has 61 heavy (non-hydrogen) atoms. The normalized spacial score (nSPS) is 12.4. The molecule has 0 rings (SSSR count). The average Bonchev–Trinajstić information content (AvgIpc) is 3.26. The first-order valence-corrected chi connectivity index (χ1v) is 26.1. The van der Waals surface area contributed by atoms with Crippen LogP contribution in [0.1, 0.15) is 265 Å². The number of rotatable bonds is 47. The SMILES string of the molecule is CCCC/C=C\CCCCCCCC(=O)OC(COC(=O)CCCCCCCCC)COC(=O)CCCCCCCCCCCC/C=C\C/C=C\C/C=C\CCCCCCC. The Hall–Kier alpha value is -2.63. The summed E-state index contributed by atoms with van der Waals surface area (Å²) in [6, 6.07) is 0. The van der Waals surface area contributed by atoms with Crippen LogP contribution in [0, 0.1) is 0 Å². The second-order valence-corrected chi connectivity index (χ2v) is 17.4. The van der Waals surface area contributed by atoms with E-state index in [4.69, 9.17) is 14.2 Å². The zero-order valence-corrected chi connectivity index (χ0v) is 40.4. The molecule has 6 heteroatoms. The molecule has 0 spiro atoms. The summed E-state index contributed by atoms with van der Waals surface area (Å²) in [7, 11) is 0. The molecule has 0 aliphatic rings. The number of carbonyl (C=O) groups excluding carboxylic acids is 3. The standard InChI is InChI=1S/C55H98O6/c1-4-7-10-13-16-18-20-21-22-23-24-25-26-27-28-29-30-31-32-33-35-36-39-42-45-48-54(57)60-51-52(50-59-53(56)47-44-41-38-15-12-9-6-3)61-55(58)49-46-43-40-37-34-19-17-14-11-8-5-2/h14,17,20-21,23-24,26-27,52H,4-13,15-16,18-19,22,25,28-51H2,1-3H3/b17-14-,21-20-,24-23-,27-26-. The van der Waals surface area contributed by atoms with Crippen molar-refractivity contribution in [2.75, 3.05) is 13.2 Å². The Morgan fingerprint density at radius 3 is 0.984 bits per heavy atom. The van der Waals surface area contributed by atoms with Crippen LogP contribution >= 0.6 is 0 Å². The van der Waals surface area contributed by atoms with Gasteiger partial charge in [0.15, 0.2) is 6.10 Å². The first-order chi connectivity index (χ1) is 30.0. The van der Waals surface area contributed by atoms with Gasteiger partial charge in [-0.2, -0.15) is 0 Å². The van der Waals surface area contributed by atoms with Gasteiger partial charge in [0.05, 0.1) is 0 Å². The van der Waals surface area contributed by atoms with Crippen LogP contribution in [0.15, 0.2) is 48.6 Å². The Balaban J connectivity index is 4.13. The second-order valence-electron chi connectivity index (χ2n) is 17.4. The van der Waals surface area contributed by atoms with E-state index < -0.39 is 6.10 Å². The van der Waals surface area contributed by atoms with Crippen LogP contribution in [0.5, 0.6) is 0 Å². The average molecular weight is 855 g/mol. The third kappa shape index (κ3) is 48.3. The fraction of sp³-hybridized carbons (Fsp3) is 0.800. The van der Waals surface area contributed by atoms with Crippen molar-refractivity contribution in [2.24, 2.45) is 0 Å². The molecule has 0 bridgehead atoms. The van der Waals surface area contributed by atoms with Gasteiger partial charge in [-0.1, -0.05) is 217 Å². The van der Waals surface area contributed by atoms with Gasteiger partial charge in [-0.15, -0.1) is 0 Å². The van der Waals surface area contributed by atoms with Gasteiger partial charge in [-0.05, 0) is 77.0 Å². The van der Waals surface area contributed by atoms with Crippen molar-refractivity contribution in [3.63, 3.8) is 0 Å². The van der Waals surface area contributed by atoms with Crippen molar-refractivity contribution in [2.45, 2.75) is 271 Å². The number of hydrogen-bond acceptors (Lipinski definition) is 6. The minimum absolute atomic E-state index is 0.0766. The molecule has 0 aromatic rings. The van der Waals surface area contributed by atoms with Gasteiger partial charge in [0.2, 0.25) is 0 Å². The van der Waals surface area contributed by atoms with Crippen LogP contribution in [0.3, 0.4) is 0 Å². The van der Waals surface area contributed by atoms with Crippen LogP contribution in [-0.4, -0.2) is 37.2 Å². The minimum Gasteiger partial charge on any atom is -0.462 e. The molecule has 0 aromatic carbocycles. The van der Waals surface area contributed by atoms with Gasteiger partial charge < -0.3 is 14.2 Å². The van der Waals surface area contributed by atoms with E-state index in [0.717, 1.165) is 83.5 Å². The second kappa shape index (κ2) is 50.0. The first kappa shape index (κ1) is 58.4. The van der Waals surface area contributed by atoms with Crippen molar-refractivity contribution in [1.29, 1.82) is 0 Å². The highest BCUT2D eigenvalue weighted by molar-refractivity contribution is 5.71. The molecule has 0 fully saturated rings. The molecule has 1 unspecified atom stereocenters. The summed E-state index contributed by atoms with van der Waals surface area (Å²) in [6.07, 6.45) is 59.8. The maximum atomic E-state index is 12.7. The summed E-state index contributed by atoms with van der Waals surface area (Å²) in [6.45, 7) is 6.54. The predicted molar refractivity (Wildman–Crippen MR) is 261 cm³/mol. The monoisotopic (exact) mass is 855 g/mol. The largest absolute Gasteiger partial charge is 0.462 e. The third-order valence-corrected chi connectivity index (χ3v) is 11.3. The van der Waals surface area contributed by atoms with Crippen molar-refractivity contribution in [3.8, 4) is 0 Å². The molecule has 0 aliphatic heterocycles. The fourth-order valence-corrected chi connectivity index (χ4v) is 7.31. The number of unbranched alkanes of at least 4 members (excludes halogenated alkanes) is 28. The van der Waals surface area contributed by atoms with E-state index in [1.54, 1.807) is 0 Å². The molecule has 1 atom stereocenters. The van der Waals surface area contributed by atoms with Crippen LogP contribution in [0.25, 0.3) is 0 Å². The lowest BCUT2D eigenvalue weighted by Crippen LogP contribution is -2.30. The highest BCUT2D eigenvalue weighted by Crippen LogP contribution is 2.15. The molecule has 0 N–H and O–H groups in total. The Labute approximate surface area is 378 Å². The molecule has 0 saturated heterocycles. The highest BCUT2D eigenvalue weighted by Gasteiger charge is 2.19. The molecular weight excluding hydrogens is 757 g/mol. The Kier molecular flexibility index (Phi) is 47.9. The van der Waals surface area contributed by atoms with Crippen LogP contribution in [-0.2, 0) is 28.6 Å². The molecule has 0 saturated carbocycles. The van der Waals surface area contributed by atoms with Gasteiger partial charge in [-0.25, -0.2) is 0 Å². The van der Waals surface area contributed by atoms with Crippen molar-refractivity contribution >= 4 is 17.9 Å². The summed E-state index contributed by atoms with van der Waals surface area (Å²) < 4.78 is 16.7. The number of allylic oxidation sites excluding steroid dienone is 8. The van der Waals surface area contributed by atoms with E-state index >= 15 is 0 Å².